The molecule has 1 aliphatic rings. The number of benzene rings is 1. The van der Waals surface area contributed by atoms with Gasteiger partial charge in [-0.05, 0) is 31.9 Å². The van der Waals surface area contributed by atoms with Crippen LogP contribution in [0.5, 0.6) is 0 Å². The monoisotopic (exact) mass is 423 g/mol. The van der Waals surface area contributed by atoms with Gasteiger partial charge < -0.3 is 0 Å². The van der Waals surface area contributed by atoms with Crippen molar-refractivity contribution in [1.29, 1.82) is 0 Å². The van der Waals surface area contributed by atoms with Gasteiger partial charge in [-0.25, -0.2) is 16.8 Å². The van der Waals surface area contributed by atoms with Crippen LogP contribution in [0.15, 0.2) is 35.7 Å². The highest BCUT2D eigenvalue weighted by Gasteiger charge is 2.31. The van der Waals surface area contributed by atoms with Crippen LogP contribution in [0.4, 0.5) is 0 Å². The zero-order valence-electron chi connectivity index (χ0n) is 16.2. The zero-order chi connectivity index (χ0) is 20.5. The Balaban J connectivity index is 1.78. The standard InChI is InChI=1S/C19H25N3O4S2/c1-15-19(16(2)22(20-15)18-10-11-27(23,24)14-18)13-21(3)28(25,26)12-9-17-7-5-4-6-8-17/h4-9,12,18H,10-11,13-14H2,1-3H3/b12-9+/t18-/m1/s1. The molecule has 1 saturated heterocycles. The van der Waals surface area contributed by atoms with E-state index in [1.54, 1.807) is 10.8 Å². The molecule has 1 aromatic heterocycles. The van der Waals surface area contributed by atoms with Gasteiger partial charge in [-0.15, -0.1) is 0 Å². The number of hydrogen-bond acceptors (Lipinski definition) is 5. The maximum absolute atomic E-state index is 12.6. The lowest BCUT2D eigenvalue weighted by Gasteiger charge is -2.16. The predicted molar refractivity (Wildman–Crippen MR) is 110 cm³/mol. The van der Waals surface area contributed by atoms with Crippen LogP contribution in [0.25, 0.3) is 6.08 Å². The third-order valence-corrected chi connectivity index (χ3v) is 8.30. The molecule has 1 aromatic carbocycles. The fourth-order valence-corrected chi connectivity index (χ4v) is 5.93. The van der Waals surface area contributed by atoms with E-state index in [2.05, 4.69) is 5.10 Å². The van der Waals surface area contributed by atoms with E-state index < -0.39 is 19.9 Å². The van der Waals surface area contributed by atoms with Gasteiger partial charge in [0, 0.05) is 30.3 Å². The molecule has 0 aliphatic carbocycles. The Morgan fingerprint density at radius 1 is 1.25 bits per heavy atom. The Morgan fingerprint density at radius 3 is 2.54 bits per heavy atom. The zero-order valence-corrected chi connectivity index (χ0v) is 17.9. The van der Waals surface area contributed by atoms with Crippen LogP contribution in [0, 0.1) is 13.8 Å². The molecule has 7 nitrogen and oxygen atoms in total. The van der Waals surface area contributed by atoms with Crippen LogP contribution in [-0.2, 0) is 26.4 Å². The molecule has 0 N–H and O–H groups in total. The minimum Gasteiger partial charge on any atom is -0.265 e. The first-order valence-corrected chi connectivity index (χ1v) is 12.4. The minimum atomic E-state index is -3.60. The molecule has 2 heterocycles. The summed E-state index contributed by atoms with van der Waals surface area (Å²) in [6.45, 7) is 3.86. The van der Waals surface area contributed by atoms with Crippen molar-refractivity contribution >= 4 is 25.9 Å². The van der Waals surface area contributed by atoms with Crippen molar-refractivity contribution in [3.8, 4) is 0 Å². The third kappa shape index (κ3) is 4.53. The molecular formula is C19H25N3O4S2. The second-order valence-electron chi connectivity index (χ2n) is 7.17. The lowest BCUT2D eigenvalue weighted by molar-refractivity contribution is 0.468. The van der Waals surface area contributed by atoms with Gasteiger partial charge in [0.2, 0.25) is 10.0 Å². The first-order chi connectivity index (χ1) is 13.1. The summed E-state index contributed by atoms with van der Waals surface area (Å²) < 4.78 is 51.8. The molecule has 0 amide bonds. The molecule has 0 unspecified atom stereocenters. The highest BCUT2D eigenvalue weighted by molar-refractivity contribution is 7.92. The van der Waals surface area contributed by atoms with E-state index in [9.17, 15) is 16.8 Å². The Hall–Kier alpha value is -1.97. The molecule has 3 rings (SSSR count). The summed E-state index contributed by atoms with van der Waals surface area (Å²) in [5.41, 5.74) is 3.15. The number of aryl methyl sites for hydroxylation is 1. The quantitative estimate of drug-likeness (QED) is 0.711. The van der Waals surface area contributed by atoms with E-state index >= 15 is 0 Å². The maximum Gasteiger partial charge on any atom is 0.236 e. The predicted octanol–water partition coefficient (Wildman–Crippen LogP) is 2.29. The molecule has 0 radical (unpaired) electrons. The molecule has 152 valence electrons. The third-order valence-electron chi connectivity index (χ3n) is 5.08. The molecule has 9 heteroatoms. The number of sulfone groups is 1. The average Bonchev–Trinajstić information content (AvgIpc) is 3.14. The number of rotatable bonds is 6. The summed E-state index contributed by atoms with van der Waals surface area (Å²) in [5.74, 6) is 0.256. The normalized spacial score (nSPS) is 19.6. The van der Waals surface area contributed by atoms with Crippen molar-refractivity contribution < 1.29 is 16.8 Å². The summed E-state index contributed by atoms with van der Waals surface area (Å²) in [6, 6.07) is 9.05. The number of nitrogens with zero attached hydrogens (tertiary/aromatic N) is 3. The van der Waals surface area contributed by atoms with Crippen LogP contribution in [0.1, 0.15) is 35.0 Å². The van der Waals surface area contributed by atoms with E-state index in [0.29, 0.717) is 6.42 Å². The lowest BCUT2D eigenvalue weighted by atomic mass is 10.2. The van der Waals surface area contributed by atoms with Crippen molar-refractivity contribution in [3.05, 3.63) is 58.3 Å². The van der Waals surface area contributed by atoms with E-state index in [-0.39, 0.29) is 24.1 Å². The molecule has 2 aromatic rings. The van der Waals surface area contributed by atoms with Crippen molar-refractivity contribution in [2.75, 3.05) is 18.6 Å². The van der Waals surface area contributed by atoms with Gasteiger partial charge in [0.25, 0.3) is 0 Å². The number of aromatic nitrogens is 2. The van der Waals surface area contributed by atoms with Gasteiger partial charge in [0.15, 0.2) is 9.84 Å². The fraction of sp³-hybridized carbons (Fsp3) is 0.421. The summed E-state index contributed by atoms with van der Waals surface area (Å²) in [5, 5.41) is 5.69. The summed E-state index contributed by atoms with van der Waals surface area (Å²) in [4.78, 5) is 0. The van der Waals surface area contributed by atoms with Crippen LogP contribution in [0.3, 0.4) is 0 Å². The number of sulfonamides is 1. The van der Waals surface area contributed by atoms with Crippen molar-refractivity contribution in [2.45, 2.75) is 32.9 Å². The summed E-state index contributed by atoms with van der Waals surface area (Å²) in [7, 11) is -5.09. The molecular weight excluding hydrogens is 398 g/mol. The van der Waals surface area contributed by atoms with E-state index in [4.69, 9.17) is 0 Å². The van der Waals surface area contributed by atoms with Gasteiger partial charge in [-0.1, -0.05) is 30.3 Å². The largest absolute Gasteiger partial charge is 0.265 e. The molecule has 1 aliphatic heterocycles. The molecule has 0 saturated carbocycles. The second-order valence-corrected chi connectivity index (χ2v) is 11.3. The van der Waals surface area contributed by atoms with Crippen LogP contribution < -0.4 is 0 Å². The summed E-state index contributed by atoms with van der Waals surface area (Å²) >= 11 is 0. The minimum absolute atomic E-state index is 0.0857. The maximum atomic E-state index is 12.6. The molecule has 28 heavy (non-hydrogen) atoms. The van der Waals surface area contributed by atoms with Crippen LogP contribution in [-0.4, -0.2) is 49.5 Å². The summed E-state index contributed by atoms with van der Waals surface area (Å²) in [6.07, 6.45) is 2.11. The lowest BCUT2D eigenvalue weighted by Crippen LogP contribution is -2.25. The Kier molecular flexibility index (Phi) is 5.79. The second kappa shape index (κ2) is 7.81. The number of hydrogen-bond donors (Lipinski definition) is 0. The van der Waals surface area contributed by atoms with Crippen molar-refractivity contribution in [2.24, 2.45) is 0 Å². The van der Waals surface area contributed by atoms with E-state index in [1.165, 1.54) is 16.8 Å². The fourth-order valence-electron chi connectivity index (χ4n) is 3.39. The van der Waals surface area contributed by atoms with Crippen LogP contribution >= 0.6 is 0 Å². The molecule has 1 fully saturated rings. The van der Waals surface area contributed by atoms with Crippen molar-refractivity contribution in [3.63, 3.8) is 0 Å². The van der Waals surface area contributed by atoms with Gasteiger partial charge in [-0.2, -0.15) is 9.40 Å². The first-order valence-electron chi connectivity index (χ1n) is 9.03. The SMILES string of the molecule is Cc1nn([C@@H]2CCS(=O)(=O)C2)c(C)c1CN(C)S(=O)(=O)/C=C/c1ccccc1. The average molecular weight is 424 g/mol. The molecule has 0 spiro atoms. The molecule has 0 bridgehead atoms. The van der Waals surface area contributed by atoms with E-state index in [1.807, 2.05) is 44.2 Å². The van der Waals surface area contributed by atoms with Crippen LogP contribution in [0.2, 0.25) is 0 Å². The highest BCUT2D eigenvalue weighted by Crippen LogP contribution is 2.27. The Bertz CT molecular complexity index is 1090. The Labute approximate surface area is 166 Å². The molecule has 1 atom stereocenters. The van der Waals surface area contributed by atoms with Gasteiger partial charge in [0.1, 0.15) is 0 Å². The van der Waals surface area contributed by atoms with Gasteiger partial charge in [0.05, 0.1) is 23.2 Å². The van der Waals surface area contributed by atoms with E-state index in [0.717, 1.165) is 22.5 Å². The first kappa shape index (κ1) is 20.8. The highest BCUT2D eigenvalue weighted by atomic mass is 32.2. The van der Waals surface area contributed by atoms with Crippen molar-refractivity contribution in [1.82, 2.24) is 14.1 Å². The van der Waals surface area contributed by atoms with Gasteiger partial charge >= 0.3 is 0 Å². The van der Waals surface area contributed by atoms with Gasteiger partial charge in [-0.3, -0.25) is 4.68 Å². The smallest absolute Gasteiger partial charge is 0.236 e. The topological polar surface area (TPSA) is 89.3 Å². The Morgan fingerprint density at radius 2 is 1.93 bits per heavy atom.